The van der Waals surface area contributed by atoms with Crippen molar-refractivity contribution in [1.29, 1.82) is 0 Å². The van der Waals surface area contributed by atoms with Gasteiger partial charge in [-0.3, -0.25) is 0 Å². The smallest absolute Gasteiger partial charge is 0.00921 e. The van der Waals surface area contributed by atoms with Gasteiger partial charge in [0.1, 0.15) is 0 Å². The molecule has 0 saturated carbocycles. The molecular weight excluding hydrogens is 152 g/mol. The van der Waals surface area contributed by atoms with Gasteiger partial charge in [0.05, 0.1) is 0 Å². The highest BCUT2D eigenvalue weighted by Gasteiger charge is 1.79. The third-order valence-corrected chi connectivity index (χ3v) is 1.65. The molecule has 0 nitrogen and oxygen atoms in total. The molecule has 1 heteroatoms. The van der Waals surface area contributed by atoms with Gasteiger partial charge >= 0.3 is 0 Å². The zero-order valence-electron chi connectivity index (χ0n) is 4.87. The van der Waals surface area contributed by atoms with Gasteiger partial charge in [-0.15, -0.1) is 0 Å². The molecule has 0 saturated heterocycles. The Kier molecular flexibility index (Phi) is 4.52. The van der Waals surface area contributed by atoms with Crippen LogP contribution < -0.4 is 0 Å². The molecule has 0 bridgehead atoms. The molecule has 0 aliphatic heterocycles. The maximum absolute atomic E-state index is 3.40. The van der Waals surface area contributed by atoms with Gasteiger partial charge < -0.3 is 0 Å². The van der Waals surface area contributed by atoms with Crippen molar-refractivity contribution in [2.24, 2.45) is 0 Å². The minimum Gasteiger partial charge on any atom is -0.0747 e. The fourth-order valence-electron chi connectivity index (χ4n) is 0.366. The number of halogens is 1. The highest BCUT2D eigenvalue weighted by molar-refractivity contribution is 9.11. The summed E-state index contributed by atoms with van der Waals surface area (Å²) in [6.07, 6.45) is 4.43. The molecule has 0 fully saturated rings. The van der Waals surface area contributed by atoms with Crippen molar-refractivity contribution in [3.8, 4) is 0 Å². The van der Waals surface area contributed by atoms with E-state index in [9.17, 15) is 0 Å². The van der Waals surface area contributed by atoms with Crippen LogP contribution in [0.2, 0.25) is 0 Å². The normalized spacial score (nSPS) is 12.1. The Hall–Kier alpha value is 0.220. The first-order valence-corrected chi connectivity index (χ1v) is 3.45. The SMILES string of the molecule is CC/C=C(\Br)CC. The van der Waals surface area contributed by atoms with Crippen LogP contribution in [-0.4, -0.2) is 0 Å². The summed E-state index contributed by atoms with van der Waals surface area (Å²) in [4.78, 5) is 0. The largest absolute Gasteiger partial charge is 0.0747 e. The van der Waals surface area contributed by atoms with E-state index >= 15 is 0 Å². The van der Waals surface area contributed by atoms with Crippen LogP contribution in [0.5, 0.6) is 0 Å². The van der Waals surface area contributed by atoms with Gasteiger partial charge in [0.25, 0.3) is 0 Å². The lowest BCUT2D eigenvalue weighted by Gasteiger charge is -1.85. The van der Waals surface area contributed by atoms with E-state index < -0.39 is 0 Å². The molecule has 0 radical (unpaired) electrons. The van der Waals surface area contributed by atoms with E-state index in [0.717, 1.165) is 12.8 Å². The van der Waals surface area contributed by atoms with Gasteiger partial charge in [-0.05, 0) is 17.3 Å². The zero-order valence-corrected chi connectivity index (χ0v) is 6.46. The van der Waals surface area contributed by atoms with Crippen LogP contribution in [0.1, 0.15) is 26.7 Å². The molecule has 0 N–H and O–H groups in total. The molecule has 42 valence electrons. The van der Waals surface area contributed by atoms with Crippen molar-refractivity contribution in [2.45, 2.75) is 26.7 Å². The number of rotatable bonds is 2. The molecule has 0 amide bonds. The molecule has 0 aliphatic carbocycles. The molecule has 0 rings (SSSR count). The fraction of sp³-hybridized carbons (Fsp3) is 0.667. The molecule has 0 aliphatic rings. The summed E-state index contributed by atoms with van der Waals surface area (Å²) in [5.41, 5.74) is 0. The monoisotopic (exact) mass is 162 g/mol. The second-order valence-corrected chi connectivity index (χ2v) is 2.43. The van der Waals surface area contributed by atoms with Crippen LogP contribution in [0.3, 0.4) is 0 Å². The van der Waals surface area contributed by atoms with Crippen LogP contribution in [0.25, 0.3) is 0 Å². The average molecular weight is 163 g/mol. The topological polar surface area (TPSA) is 0 Å². The van der Waals surface area contributed by atoms with Gasteiger partial charge in [0.2, 0.25) is 0 Å². The van der Waals surface area contributed by atoms with E-state index in [1.165, 1.54) is 4.48 Å². The molecule has 0 aromatic rings. The van der Waals surface area contributed by atoms with Gasteiger partial charge in [-0.1, -0.05) is 35.9 Å². The summed E-state index contributed by atoms with van der Waals surface area (Å²) in [5, 5.41) is 0. The lowest BCUT2D eigenvalue weighted by atomic mass is 10.4. The Balaban J connectivity index is 3.29. The maximum atomic E-state index is 3.40. The molecule has 0 heterocycles. The zero-order chi connectivity index (χ0) is 5.70. The molecule has 7 heavy (non-hydrogen) atoms. The fourth-order valence-corrected chi connectivity index (χ4v) is 0.690. The van der Waals surface area contributed by atoms with Crippen molar-refractivity contribution >= 4 is 15.9 Å². The van der Waals surface area contributed by atoms with Gasteiger partial charge in [-0.25, -0.2) is 0 Å². The van der Waals surface area contributed by atoms with Crippen LogP contribution >= 0.6 is 15.9 Å². The quantitative estimate of drug-likeness (QED) is 0.586. The number of hydrogen-bond donors (Lipinski definition) is 0. The summed E-state index contributed by atoms with van der Waals surface area (Å²) >= 11 is 3.40. The highest BCUT2D eigenvalue weighted by atomic mass is 79.9. The minimum absolute atomic E-state index is 1.12. The average Bonchev–Trinajstić information content (AvgIpc) is 1.68. The lowest BCUT2D eigenvalue weighted by Crippen LogP contribution is -1.62. The van der Waals surface area contributed by atoms with Gasteiger partial charge in [0, 0.05) is 0 Å². The first-order valence-electron chi connectivity index (χ1n) is 2.65. The molecule has 0 unspecified atom stereocenters. The minimum atomic E-state index is 1.12. The second-order valence-electron chi connectivity index (χ2n) is 1.41. The molecular formula is C6H11Br. The summed E-state index contributed by atoms with van der Waals surface area (Å²) in [5.74, 6) is 0. The summed E-state index contributed by atoms with van der Waals surface area (Å²) in [6.45, 7) is 4.27. The molecule has 0 spiro atoms. The van der Waals surface area contributed by atoms with Crippen LogP contribution in [-0.2, 0) is 0 Å². The van der Waals surface area contributed by atoms with Crippen molar-refractivity contribution in [3.05, 3.63) is 10.6 Å². The summed E-state index contributed by atoms with van der Waals surface area (Å²) in [7, 11) is 0. The van der Waals surface area contributed by atoms with E-state index in [-0.39, 0.29) is 0 Å². The van der Waals surface area contributed by atoms with Crippen molar-refractivity contribution in [3.63, 3.8) is 0 Å². The van der Waals surface area contributed by atoms with E-state index in [4.69, 9.17) is 0 Å². The second kappa shape index (κ2) is 4.38. The number of allylic oxidation sites excluding steroid dienone is 2. The summed E-state index contributed by atoms with van der Waals surface area (Å²) < 4.78 is 1.31. The molecule has 0 atom stereocenters. The van der Waals surface area contributed by atoms with E-state index in [0.29, 0.717) is 0 Å². The van der Waals surface area contributed by atoms with Gasteiger partial charge in [-0.2, -0.15) is 0 Å². The number of hydrogen-bond acceptors (Lipinski definition) is 0. The molecule has 0 aromatic heterocycles. The Morgan fingerprint density at radius 3 is 2.29 bits per heavy atom. The first kappa shape index (κ1) is 7.22. The summed E-state index contributed by atoms with van der Waals surface area (Å²) in [6, 6.07) is 0. The maximum Gasteiger partial charge on any atom is -0.00921 e. The third kappa shape index (κ3) is 4.07. The van der Waals surface area contributed by atoms with Gasteiger partial charge in [0.15, 0.2) is 0 Å². The van der Waals surface area contributed by atoms with Crippen LogP contribution in [0, 0.1) is 0 Å². The van der Waals surface area contributed by atoms with Crippen LogP contribution in [0.15, 0.2) is 10.6 Å². The Labute approximate surface area is 53.7 Å². The predicted molar refractivity (Wildman–Crippen MR) is 37.6 cm³/mol. The first-order chi connectivity index (χ1) is 3.31. The Morgan fingerprint density at radius 1 is 1.57 bits per heavy atom. The predicted octanol–water partition coefficient (Wildman–Crippen LogP) is 3.09. The van der Waals surface area contributed by atoms with E-state index in [2.05, 4.69) is 35.9 Å². The van der Waals surface area contributed by atoms with Crippen molar-refractivity contribution < 1.29 is 0 Å². The van der Waals surface area contributed by atoms with E-state index in [1.54, 1.807) is 0 Å². The third-order valence-electron chi connectivity index (χ3n) is 0.763. The standard InChI is InChI=1S/C6H11Br/c1-3-5-6(7)4-2/h5H,3-4H2,1-2H3/b6-5-. The lowest BCUT2D eigenvalue weighted by molar-refractivity contribution is 1.14. The molecule has 0 aromatic carbocycles. The van der Waals surface area contributed by atoms with E-state index in [1.807, 2.05) is 0 Å². The van der Waals surface area contributed by atoms with Crippen molar-refractivity contribution in [2.75, 3.05) is 0 Å². The van der Waals surface area contributed by atoms with Crippen LogP contribution in [0.4, 0.5) is 0 Å². The highest BCUT2D eigenvalue weighted by Crippen LogP contribution is 2.08. The Bertz CT molecular complexity index is 64.6. The van der Waals surface area contributed by atoms with Crippen molar-refractivity contribution in [1.82, 2.24) is 0 Å². The Morgan fingerprint density at radius 2 is 2.14 bits per heavy atom.